The Morgan fingerprint density at radius 3 is 2.41 bits per heavy atom. The van der Waals surface area contributed by atoms with E-state index in [0.717, 1.165) is 0 Å². The maximum atomic E-state index is 12.1. The molecule has 0 bridgehead atoms. The number of carbonyl (C=O) groups excluding carboxylic acids is 2. The van der Waals surface area contributed by atoms with Crippen LogP contribution in [0.5, 0.6) is 5.75 Å². The van der Waals surface area contributed by atoms with E-state index < -0.39 is 0 Å². The predicted molar refractivity (Wildman–Crippen MR) is 85.0 cm³/mol. The number of hydrogen-bond donors (Lipinski definition) is 0. The molecule has 0 unspecified atom stereocenters. The molecule has 1 aromatic rings. The van der Waals surface area contributed by atoms with Crippen molar-refractivity contribution in [3.05, 3.63) is 29.3 Å². The van der Waals surface area contributed by atoms with E-state index >= 15 is 0 Å². The summed E-state index contributed by atoms with van der Waals surface area (Å²) in [6.45, 7) is 4.49. The molecular formula is C16H21ClN2O3. The molecule has 120 valence electrons. The van der Waals surface area contributed by atoms with Crippen LogP contribution in [0, 0.1) is 0 Å². The first-order valence-electron chi connectivity index (χ1n) is 7.48. The maximum absolute atomic E-state index is 12.1. The molecule has 1 fully saturated rings. The zero-order chi connectivity index (χ0) is 15.9. The van der Waals surface area contributed by atoms with Gasteiger partial charge in [0.05, 0.1) is 11.6 Å². The van der Waals surface area contributed by atoms with Crippen LogP contribution in [0.1, 0.15) is 19.8 Å². The molecule has 1 aromatic carbocycles. The minimum atomic E-state index is 0.0697. The van der Waals surface area contributed by atoms with Crippen molar-refractivity contribution in [2.24, 2.45) is 0 Å². The average molecular weight is 325 g/mol. The largest absolute Gasteiger partial charge is 0.492 e. The minimum absolute atomic E-state index is 0.0697. The summed E-state index contributed by atoms with van der Waals surface area (Å²) in [4.78, 5) is 26.9. The van der Waals surface area contributed by atoms with Crippen LogP contribution in [0.15, 0.2) is 24.3 Å². The first kappa shape index (κ1) is 16.6. The summed E-state index contributed by atoms with van der Waals surface area (Å²) in [5.74, 6) is 0.831. The molecule has 22 heavy (non-hydrogen) atoms. The van der Waals surface area contributed by atoms with Gasteiger partial charge < -0.3 is 14.5 Å². The third-order valence-corrected chi connectivity index (χ3v) is 4.02. The van der Waals surface area contributed by atoms with Gasteiger partial charge in [-0.25, -0.2) is 0 Å². The Bertz CT molecular complexity index is 528. The summed E-state index contributed by atoms with van der Waals surface area (Å²) in [6.07, 6.45) is 1.10. The van der Waals surface area contributed by atoms with Gasteiger partial charge in [-0.2, -0.15) is 0 Å². The molecule has 2 amide bonds. The van der Waals surface area contributed by atoms with Gasteiger partial charge in [-0.15, -0.1) is 0 Å². The highest BCUT2D eigenvalue weighted by atomic mass is 35.5. The smallest absolute Gasteiger partial charge is 0.222 e. The van der Waals surface area contributed by atoms with Crippen molar-refractivity contribution in [2.75, 3.05) is 32.8 Å². The quantitative estimate of drug-likeness (QED) is 0.780. The van der Waals surface area contributed by atoms with Gasteiger partial charge in [0.15, 0.2) is 0 Å². The SMILES string of the molecule is CC(=O)N1CCN(C(=O)CCCOc2ccccc2Cl)CC1. The molecule has 6 heteroatoms. The normalized spacial score (nSPS) is 14.8. The molecule has 0 saturated carbocycles. The molecule has 2 rings (SSSR count). The standard InChI is InChI=1S/C16H21ClN2O3/c1-13(20)18-8-10-19(11-9-18)16(21)7-4-12-22-15-6-3-2-5-14(15)17/h2-3,5-6H,4,7-12H2,1H3. The van der Waals surface area contributed by atoms with Gasteiger partial charge in [0.25, 0.3) is 0 Å². The lowest BCUT2D eigenvalue weighted by atomic mass is 10.2. The number of halogens is 1. The van der Waals surface area contributed by atoms with Crippen LogP contribution < -0.4 is 4.74 Å². The molecule has 1 aliphatic rings. The van der Waals surface area contributed by atoms with E-state index in [2.05, 4.69) is 0 Å². The molecule has 0 radical (unpaired) electrons. The number of amides is 2. The zero-order valence-electron chi connectivity index (χ0n) is 12.8. The zero-order valence-corrected chi connectivity index (χ0v) is 13.5. The molecule has 0 N–H and O–H groups in total. The lowest BCUT2D eigenvalue weighted by Crippen LogP contribution is -2.50. The molecule has 1 aliphatic heterocycles. The Labute approximate surface area is 135 Å². The second-order valence-electron chi connectivity index (χ2n) is 5.27. The third kappa shape index (κ3) is 4.63. The van der Waals surface area contributed by atoms with Gasteiger partial charge in [0, 0.05) is 39.5 Å². The molecule has 0 aliphatic carbocycles. The van der Waals surface area contributed by atoms with E-state index in [1.165, 1.54) is 0 Å². The number of ether oxygens (including phenoxy) is 1. The number of benzene rings is 1. The van der Waals surface area contributed by atoms with E-state index in [9.17, 15) is 9.59 Å². The van der Waals surface area contributed by atoms with E-state index in [0.29, 0.717) is 56.4 Å². The highest BCUT2D eigenvalue weighted by Gasteiger charge is 2.21. The first-order valence-corrected chi connectivity index (χ1v) is 7.86. The van der Waals surface area contributed by atoms with Gasteiger partial charge >= 0.3 is 0 Å². The fourth-order valence-electron chi connectivity index (χ4n) is 2.40. The van der Waals surface area contributed by atoms with Crippen molar-refractivity contribution in [2.45, 2.75) is 19.8 Å². The van der Waals surface area contributed by atoms with Crippen LogP contribution in [0.2, 0.25) is 5.02 Å². The van der Waals surface area contributed by atoms with Crippen LogP contribution in [-0.4, -0.2) is 54.4 Å². The Morgan fingerprint density at radius 1 is 1.14 bits per heavy atom. The van der Waals surface area contributed by atoms with Gasteiger partial charge in [-0.05, 0) is 18.6 Å². The molecule has 1 saturated heterocycles. The summed E-state index contributed by atoms with van der Waals surface area (Å²) in [7, 11) is 0. The van der Waals surface area contributed by atoms with E-state index in [1.54, 1.807) is 17.9 Å². The van der Waals surface area contributed by atoms with Crippen molar-refractivity contribution >= 4 is 23.4 Å². The second-order valence-corrected chi connectivity index (χ2v) is 5.68. The van der Waals surface area contributed by atoms with Crippen LogP contribution in [0.3, 0.4) is 0 Å². The van der Waals surface area contributed by atoms with E-state index in [-0.39, 0.29) is 11.8 Å². The Hall–Kier alpha value is -1.75. The number of piperazine rings is 1. The summed E-state index contributed by atoms with van der Waals surface area (Å²) in [5, 5.41) is 0.578. The van der Waals surface area contributed by atoms with Gasteiger partial charge in [-0.3, -0.25) is 9.59 Å². The molecule has 1 heterocycles. The number of hydrogen-bond acceptors (Lipinski definition) is 3. The van der Waals surface area contributed by atoms with E-state index in [4.69, 9.17) is 16.3 Å². The lowest BCUT2D eigenvalue weighted by Gasteiger charge is -2.34. The average Bonchev–Trinajstić information content (AvgIpc) is 2.53. The maximum Gasteiger partial charge on any atom is 0.222 e. The topological polar surface area (TPSA) is 49.9 Å². The second kappa shape index (κ2) is 8.03. The fourth-order valence-corrected chi connectivity index (χ4v) is 2.59. The highest BCUT2D eigenvalue weighted by Crippen LogP contribution is 2.23. The number of carbonyl (C=O) groups is 2. The lowest BCUT2D eigenvalue weighted by molar-refractivity contribution is -0.138. The first-order chi connectivity index (χ1) is 10.6. The fraction of sp³-hybridized carbons (Fsp3) is 0.500. The summed E-state index contributed by atoms with van der Waals surface area (Å²) in [5.41, 5.74) is 0. The Balaban J connectivity index is 1.66. The van der Waals surface area contributed by atoms with Gasteiger partial charge in [-0.1, -0.05) is 23.7 Å². The predicted octanol–water partition coefficient (Wildman–Crippen LogP) is 2.19. The number of rotatable bonds is 5. The minimum Gasteiger partial charge on any atom is -0.492 e. The van der Waals surface area contributed by atoms with Crippen LogP contribution in [-0.2, 0) is 9.59 Å². The molecule has 0 spiro atoms. The van der Waals surface area contributed by atoms with Gasteiger partial charge in [0.1, 0.15) is 5.75 Å². The third-order valence-electron chi connectivity index (χ3n) is 3.71. The van der Waals surface area contributed by atoms with Crippen LogP contribution in [0.25, 0.3) is 0 Å². The van der Waals surface area contributed by atoms with Crippen molar-refractivity contribution in [1.29, 1.82) is 0 Å². The van der Waals surface area contributed by atoms with E-state index in [1.807, 2.05) is 23.1 Å². The molecule has 0 atom stereocenters. The summed E-state index contributed by atoms with van der Waals surface area (Å²) < 4.78 is 5.57. The monoisotopic (exact) mass is 324 g/mol. The van der Waals surface area contributed by atoms with Crippen molar-refractivity contribution in [3.63, 3.8) is 0 Å². The highest BCUT2D eigenvalue weighted by molar-refractivity contribution is 6.32. The summed E-state index contributed by atoms with van der Waals surface area (Å²) >= 11 is 5.99. The molecule has 0 aromatic heterocycles. The van der Waals surface area contributed by atoms with Gasteiger partial charge in [0.2, 0.25) is 11.8 Å². The molecular weight excluding hydrogens is 304 g/mol. The summed E-state index contributed by atoms with van der Waals surface area (Å²) in [6, 6.07) is 7.29. The van der Waals surface area contributed by atoms with Crippen LogP contribution in [0.4, 0.5) is 0 Å². The van der Waals surface area contributed by atoms with Crippen molar-refractivity contribution in [3.8, 4) is 5.75 Å². The Kier molecular flexibility index (Phi) is 6.07. The van der Waals surface area contributed by atoms with Crippen molar-refractivity contribution < 1.29 is 14.3 Å². The Morgan fingerprint density at radius 2 is 1.77 bits per heavy atom. The molecule has 5 nitrogen and oxygen atoms in total. The number of para-hydroxylation sites is 1. The number of nitrogens with zero attached hydrogens (tertiary/aromatic N) is 2. The van der Waals surface area contributed by atoms with Crippen LogP contribution >= 0.6 is 11.6 Å². The van der Waals surface area contributed by atoms with Crippen molar-refractivity contribution in [1.82, 2.24) is 9.80 Å².